The summed E-state index contributed by atoms with van der Waals surface area (Å²) in [5.41, 5.74) is 5.06. The number of nitriles is 1. The molecule has 7 nitrogen and oxygen atoms in total. The maximum atomic E-state index is 11.3. The van der Waals surface area contributed by atoms with E-state index < -0.39 is 0 Å². The Morgan fingerprint density at radius 2 is 2.07 bits per heavy atom. The zero-order valence-electron chi connectivity index (χ0n) is 16.2. The number of esters is 1. The first-order chi connectivity index (χ1) is 13.6. The summed E-state index contributed by atoms with van der Waals surface area (Å²) >= 11 is 0. The summed E-state index contributed by atoms with van der Waals surface area (Å²) in [5.74, 6) is 0.755. The van der Waals surface area contributed by atoms with Gasteiger partial charge in [0.2, 0.25) is 0 Å². The van der Waals surface area contributed by atoms with Gasteiger partial charge < -0.3 is 15.0 Å². The smallest absolute Gasteiger partial charge is 0.302 e. The van der Waals surface area contributed by atoms with Gasteiger partial charge in [-0.2, -0.15) is 5.26 Å². The Kier molecular flexibility index (Phi) is 4.88. The van der Waals surface area contributed by atoms with E-state index in [2.05, 4.69) is 20.7 Å². The molecule has 1 aliphatic heterocycles. The first-order valence-electron chi connectivity index (χ1n) is 9.53. The van der Waals surface area contributed by atoms with Gasteiger partial charge in [0.05, 0.1) is 23.2 Å². The van der Waals surface area contributed by atoms with Crippen LogP contribution in [0.3, 0.4) is 0 Å². The van der Waals surface area contributed by atoms with Gasteiger partial charge in [0, 0.05) is 45.1 Å². The topological polar surface area (TPSA) is 82.7 Å². The monoisotopic (exact) mass is 377 g/mol. The second-order valence-corrected chi connectivity index (χ2v) is 7.00. The van der Waals surface area contributed by atoms with Crippen molar-refractivity contribution in [2.75, 3.05) is 37.7 Å². The lowest BCUT2D eigenvalue weighted by Gasteiger charge is -2.33. The molecule has 0 radical (unpaired) electrons. The number of aromatic nitrogens is 2. The van der Waals surface area contributed by atoms with Crippen molar-refractivity contribution in [3.8, 4) is 6.07 Å². The minimum Gasteiger partial charge on any atom is -0.466 e. The fourth-order valence-electron chi connectivity index (χ4n) is 3.97. The summed E-state index contributed by atoms with van der Waals surface area (Å²) in [7, 11) is 0. The summed E-state index contributed by atoms with van der Waals surface area (Å²) in [6.45, 7) is 7.20. The number of nitrogens with zero attached hydrogens (tertiary/aromatic N) is 4. The van der Waals surface area contributed by atoms with E-state index in [0.29, 0.717) is 17.6 Å². The maximum Gasteiger partial charge on any atom is 0.302 e. The van der Waals surface area contributed by atoms with Crippen LogP contribution in [0.25, 0.3) is 16.7 Å². The number of pyridine rings is 1. The number of nitrogens with one attached hydrogen (secondary N) is 1. The number of anilines is 1. The van der Waals surface area contributed by atoms with Crippen LogP contribution in [0.1, 0.15) is 23.6 Å². The van der Waals surface area contributed by atoms with Gasteiger partial charge in [-0.05, 0) is 24.6 Å². The summed E-state index contributed by atoms with van der Waals surface area (Å²) in [4.78, 5) is 18.4. The van der Waals surface area contributed by atoms with E-state index in [1.54, 1.807) is 0 Å². The molecular weight excluding hydrogens is 354 g/mol. The van der Waals surface area contributed by atoms with Gasteiger partial charge in [-0.15, -0.1) is 0 Å². The molecular formula is C21H23N5O2. The fourth-order valence-corrected chi connectivity index (χ4v) is 3.97. The summed E-state index contributed by atoms with van der Waals surface area (Å²) in [5, 5.41) is 13.3. The maximum absolute atomic E-state index is 11.3. The van der Waals surface area contributed by atoms with Gasteiger partial charge in [-0.25, -0.2) is 4.98 Å². The van der Waals surface area contributed by atoms with Crippen LogP contribution < -0.4 is 10.2 Å². The lowest BCUT2D eigenvalue weighted by atomic mass is 10.0. The van der Waals surface area contributed by atoms with Crippen molar-refractivity contribution in [1.29, 1.82) is 5.26 Å². The van der Waals surface area contributed by atoms with Gasteiger partial charge in [0.1, 0.15) is 11.9 Å². The van der Waals surface area contributed by atoms with E-state index >= 15 is 0 Å². The molecule has 2 aromatic heterocycles. The molecule has 1 aliphatic rings. The second-order valence-electron chi connectivity index (χ2n) is 7.00. The largest absolute Gasteiger partial charge is 0.466 e. The van der Waals surface area contributed by atoms with Crippen molar-refractivity contribution >= 4 is 28.5 Å². The molecule has 0 spiro atoms. The number of benzene rings is 1. The zero-order chi connectivity index (χ0) is 19.7. The van der Waals surface area contributed by atoms with Crippen LogP contribution in [0.15, 0.2) is 24.3 Å². The number of fused-ring (bicyclic) bond motifs is 3. The third-order valence-electron chi connectivity index (χ3n) is 5.28. The Hall–Kier alpha value is -3.11. The van der Waals surface area contributed by atoms with E-state index in [4.69, 9.17) is 9.72 Å². The molecule has 28 heavy (non-hydrogen) atoms. The van der Waals surface area contributed by atoms with Gasteiger partial charge in [-0.1, -0.05) is 12.1 Å². The Morgan fingerprint density at radius 3 is 2.79 bits per heavy atom. The van der Waals surface area contributed by atoms with E-state index in [1.165, 1.54) is 6.92 Å². The van der Waals surface area contributed by atoms with Crippen LogP contribution in [0.4, 0.5) is 5.82 Å². The number of para-hydroxylation sites is 2. The average Bonchev–Trinajstić information content (AvgIpc) is 3.07. The fraction of sp³-hybridized carbons (Fsp3) is 0.381. The predicted molar refractivity (Wildman–Crippen MR) is 108 cm³/mol. The van der Waals surface area contributed by atoms with Crippen molar-refractivity contribution in [2.24, 2.45) is 0 Å². The van der Waals surface area contributed by atoms with Gasteiger partial charge in [0.25, 0.3) is 0 Å². The average molecular weight is 377 g/mol. The van der Waals surface area contributed by atoms with Crippen molar-refractivity contribution < 1.29 is 9.53 Å². The predicted octanol–water partition coefficient (Wildman–Crippen LogP) is 2.18. The molecule has 3 heterocycles. The summed E-state index contributed by atoms with van der Waals surface area (Å²) in [6, 6.07) is 10.3. The van der Waals surface area contributed by atoms with Crippen LogP contribution in [0, 0.1) is 18.3 Å². The molecule has 0 bridgehead atoms. The Balaban J connectivity index is 2.01. The standard InChI is InChI=1S/C21H23N5O2/c1-14-16(7-12-28-15(2)27)21(25-10-8-23-9-11-25)26-19-6-4-3-5-18(19)24-20(26)17(14)13-22/h3-6,23H,7-12H2,1-2H3. The van der Waals surface area contributed by atoms with Crippen molar-refractivity contribution in [1.82, 2.24) is 14.7 Å². The van der Waals surface area contributed by atoms with Crippen LogP contribution >= 0.6 is 0 Å². The number of piperazine rings is 1. The highest BCUT2D eigenvalue weighted by molar-refractivity contribution is 5.86. The quantitative estimate of drug-likeness (QED) is 0.702. The number of rotatable bonds is 4. The molecule has 0 aliphatic carbocycles. The van der Waals surface area contributed by atoms with Crippen molar-refractivity contribution in [3.05, 3.63) is 41.0 Å². The number of ether oxygens (including phenoxy) is 1. The third-order valence-corrected chi connectivity index (χ3v) is 5.28. The molecule has 1 fully saturated rings. The molecule has 0 atom stereocenters. The first kappa shape index (κ1) is 18.3. The molecule has 1 aromatic carbocycles. The van der Waals surface area contributed by atoms with E-state index in [1.807, 2.05) is 31.2 Å². The SMILES string of the molecule is CC(=O)OCCc1c(C)c(C#N)c2nc3ccccc3n2c1N1CCNCC1. The number of carbonyl (C=O) groups is 1. The summed E-state index contributed by atoms with van der Waals surface area (Å²) in [6.07, 6.45) is 0.557. The number of imidazole rings is 1. The highest BCUT2D eigenvalue weighted by atomic mass is 16.5. The van der Waals surface area contributed by atoms with Crippen molar-refractivity contribution in [3.63, 3.8) is 0 Å². The van der Waals surface area contributed by atoms with E-state index in [9.17, 15) is 10.1 Å². The molecule has 0 unspecified atom stereocenters. The van der Waals surface area contributed by atoms with Gasteiger partial charge in [-0.3, -0.25) is 9.20 Å². The zero-order valence-corrected chi connectivity index (χ0v) is 16.2. The normalized spacial score (nSPS) is 14.4. The van der Waals surface area contributed by atoms with Crippen molar-refractivity contribution in [2.45, 2.75) is 20.3 Å². The van der Waals surface area contributed by atoms with Gasteiger partial charge >= 0.3 is 5.97 Å². The Bertz CT molecular complexity index is 1090. The highest BCUT2D eigenvalue weighted by Crippen LogP contribution is 2.33. The molecule has 0 saturated carbocycles. The lowest BCUT2D eigenvalue weighted by molar-refractivity contribution is -0.140. The molecule has 1 N–H and O–H groups in total. The molecule has 4 rings (SSSR count). The van der Waals surface area contributed by atoms with Gasteiger partial charge in [0.15, 0.2) is 5.65 Å². The van der Waals surface area contributed by atoms with Crippen LogP contribution in [0.5, 0.6) is 0 Å². The van der Waals surface area contributed by atoms with Crippen LogP contribution in [-0.2, 0) is 16.0 Å². The molecule has 3 aromatic rings. The minimum atomic E-state index is -0.295. The Labute approximate surface area is 163 Å². The number of hydrogen-bond donors (Lipinski definition) is 1. The highest BCUT2D eigenvalue weighted by Gasteiger charge is 2.25. The second kappa shape index (κ2) is 7.49. The first-order valence-corrected chi connectivity index (χ1v) is 9.53. The summed E-state index contributed by atoms with van der Waals surface area (Å²) < 4.78 is 7.33. The number of hydrogen-bond acceptors (Lipinski definition) is 6. The van der Waals surface area contributed by atoms with E-state index in [-0.39, 0.29) is 12.6 Å². The molecule has 144 valence electrons. The van der Waals surface area contributed by atoms with E-state index in [0.717, 1.165) is 54.2 Å². The van der Waals surface area contributed by atoms with Crippen LogP contribution in [0.2, 0.25) is 0 Å². The minimum absolute atomic E-state index is 0.290. The molecule has 7 heteroatoms. The lowest BCUT2D eigenvalue weighted by Crippen LogP contribution is -2.44. The Morgan fingerprint density at radius 1 is 1.32 bits per heavy atom. The van der Waals surface area contributed by atoms with Crippen LogP contribution in [-0.4, -0.2) is 48.1 Å². The number of carbonyl (C=O) groups excluding carboxylic acids is 1. The molecule has 0 amide bonds. The third kappa shape index (κ3) is 3.06. The molecule has 1 saturated heterocycles.